The number of phenols is 6. The van der Waals surface area contributed by atoms with E-state index in [1.807, 2.05) is 146 Å². The molecule has 142 heavy (non-hydrogen) atoms. The molecule has 22 rings (SSSR count). The molecule has 0 aliphatic carbocycles. The first-order valence-corrected chi connectivity index (χ1v) is 53.2. The van der Waals surface area contributed by atoms with Crippen molar-refractivity contribution in [2.24, 2.45) is 0 Å². The molecule has 1 unspecified atom stereocenters. The second-order valence-corrected chi connectivity index (χ2v) is 45.1. The second-order valence-electron chi connectivity index (χ2n) is 38.4. The summed E-state index contributed by atoms with van der Waals surface area (Å²) < 4.78 is 44.4. The number of aromatic nitrogens is 8. The fourth-order valence-electron chi connectivity index (χ4n) is 20.9. The second kappa shape index (κ2) is 39.0. The van der Waals surface area contributed by atoms with E-state index in [1.54, 1.807) is 97.1 Å². The Morgan fingerprint density at radius 3 is 0.627 bits per heavy atom. The number of rotatable bonds is 11. The molecule has 8 aromatic heterocycles. The molecule has 12 heterocycles. The summed E-state index contributed by atoms with van der Waals surface area (Å²) in [5, 5.41) is 66.1. The number of benzene rings is 10. The Balaban J connectivity index is 0.000000155. The topological polar surface area (TPSA) is 313 Å². The maximum atomic E-state index is 15.3. The molecule has 14 N–H and O–H groups in total. The van der Waals surface area contributed by atoms with Crippen molar-refractivity contribution in [3.8, 4) is 46.0 Å². The molecular formula is C118H119Cl2N9O11P2. The lowest BCUT2D eigenvalue weighted by Crippen LogP contribution is -2.32. The SMILES string of the molecule is C1CCOC1.CC1(c2cccc(O)c2)c2ccc([nH]2)C(C)(c2cccc(O)c2)c2ccc([nH]2)C(C)(c2cccc(O)c2)c2ccc([nH]2)C(C)(c2cccc(O)c2)c2ccc1[nH]2.CCN(CC)CC.C[C@]1(c2cccc(O)c2)c2ccc([nH]2)[C@@](C)(c2cccc(O)c2)c2ccc([nH]2)[C@@]2(C)c3cccc(c3)OP(=O)(c3ccccc3)Oc3cccc(c3)[C@@](C)(c3ccc1[nH]3)c1ccc2[nH]1.O=P(Cl)(Cl)c1ccccc1. The maximum absolute atomic E-state index is 15.3. The van der Waals surface area contributed by atoms with Crippen LogP contribution in [0.4, 0.5) is 0 Å². The zero-order valence-electron chi connectivity index (χ0n) is 81.3. The first kappa shape index (κ1) is 98.0. The van der Waals surface area contributed by atoms with Gasteiger partial charge in [-0.1, -0.05) is 154 Å². The van der Waals surface area contributed by atoms with Gasteiger partial charge < -0.3 is 89.2 Å². The first-order valence-electron chi connectivity index (χ1n) is 48.1. The Morgan fingerprint density at radius 1 is 0.275 bits per heavy atom. The van der Waals surface area contributed by atoms with Gasteiger partial charge in [0.05, 0.1) is 48.6 Å². The van der Waals surface area contributed by atoms with Gasteiger partial charge in [-0.25, -0.2) is 4.57 Å². The summed E-state index contributed by atoms with van der Waals surface area (Å²) in [6.45, 7) is 29.4. The summed E-state index contributed by atoms with van der Waals surface area (Å²) in [5.41, 5.74) is 14.8. The van der Waals surface area contributed by atoms with Crippen LogP contribution in [0.25, 0.3) is 0 Å². The Morgan fingerprint density at radius 2 is 0.465 bits per heavy atom. The zero-order chi connectivity index (χ0) is 99.9. The van der Waals surface area contributed by atoms with Gasteiger partial charge in [-0.3, -0.25) is 4.57 Å². The fraction of sp³-hybridized carbons (Fsp3) is 0.220. The molecule has 4 aliphatic heterocycles. The van der Waals surface area contributed by atoms with E-state index in [-0.39, 0.29) is 34.5 Å². The minimum atomic E-state index is -4.05. The number of H-pyrrole nitrogens is 8. The van der Waals surface area contributed by atoms with Crippen molar-refractivity contribution < 1.29 is 53.6 Å². The van der Waals surface area contributed by atoms with Crippen molar-refractivity contribution in [2.75, 3.05) is 32.8 Å². The molecule has 24 heteroatoms. The van der Waals surface area contributed by atoms with Crippen LogP contribution in [0.1, 0.15) is 225 Å². The lowest BCUT2D eigenvalue weighted by atomic mass is 9.76. The third-order valence-corrected chi connectivity index (χ3v) is 34.1. The highest BCUT2D eigenvalue weighted by atomic mass is 35.9. The lowest BCUT2D eigenvalue weighted by Gasteiger charge is -2.34. The molecule has 1 saturated heterocycles. The molecule has 20 nitrogen and oxygen atoms in total. The Kier molecular flexibility index (Phi) is 26.9. The predicted octanol–water partition coefficient (Wildman–Crippen LogP) is 26.1. The van der Waals surface area contributed by atoms with Crippen molar-refractivity contribution in [3.05, 3.63) is 487 Å². The van der Waals surface area contributed by atoms with E-state index in [0.717, 1.165) is 149 Å². The van der Waals surface area contributed by atoms with Crippen LogP contribution in [0.3, 0.4) is 0 Å². The molecule has 0 radical (unpaired) electrons. The third-order valence-electron chi connectivity index (χ3n) is 30.2. The van der Waals surface area contributed by atoms with Gasteiger partial charge in [0, 0.05) is 110 Å². The molecule has 4 aliphatic rings. The van der Waals surface area contributed by atoms with Crippen molar-refractivity contribution >= 4 is 46.5 Å². The van der Waals surface area contributed by atoms with Crippen molar-refractivity contribution in [3.63, 3.8) is 0 Å². The van der Waals surface area contributed by atoms with E-state index in [0.29, 0.717) is 22.1 Å². The smallest absolute Gasteiger partial charge is 0.462 e. The highest BCUT2D eigenvalue weighted by molar-refractivity contribution is 8.13. The largest absolute Gasteiger partial charge is 0.508 e. The molecule has 0 saturated carbocycles. The van der Waals surface area contributed by atoms with E-state index in [2.05, 4.69) is 230 Å². The van der Waals surface area contributed by atoms with E-state index >= 15 is 4.57 Å². The number of hydrogen-bond donors (Lipinski definition) is 14. The van der Waals surface area contributed by atoms with E-state index in [1.165, 1.54) is 32.5 Å². The number of halogens is 2. The summed E-state index contributed by atoms with van der Waals surface area (Å²) >= 11 is 10.8. The van der Waals surface area contributed by atoms with Crippen LogP contribution in [-0.2, 0) is 57.2 Å². The summed E-state index contributed by atoms with van der Waals surface area (Å²) in [7, 11) is -4.05. The predicted molar refractivity (Wildman–Crippen MR) is 566 cm³/mol. The van der Waals surface area contributed by atoms with Gasteiger partial charge in [-0.2, -0.15) is 0 Å². The monoisotopic (exact) mass is 1970 g/mol. The van der Waals surface area contributed by atoms with Gasteiger partial charge in [-0.15, -0.1) is 0 Å². The van der Waals surface area contributed by atoms with E-state index in [9.17, 15) is 35.2 Å². The van der Waals surface area contributed by atoms with Gasteiger partial charge >= 0.3 is 7.60 Å². The highest BCUT2D eigenvalue weighted by Gasteiger charge is 2.49. The Labute approximate surface area is 837 Å². The van der Waals surface area contributed by atoms with Gasteiger partial charge in [0.25, 0.3) is 5.85 Å². The van der Waals surface area contributed by atoms with Crippen molar-refractivity contribution in [1.29, 1.82) is 0 Å². The summed E-state index contributed by atoms with van der Waals surface area (Å²) in [6, 6.07) is 111. The minimum Gasteiger partial charge on any atom is -0.508 e. The minimum absolute atomic E-state index is 0.159. The molecule has 5 atom stereocenters. The number of aromatic hydroxyl groups is 6. The number of aromatic amines is 8. The average molecular weight is 1970 g/mol. The molecule has 1 fully saturated rings. The van der Waals surface area contributed by atoms with Crippen LogP contribution in [0.5, 0.6) is 46.0 Å². The zero-order valence-corrected chi connectivity index (χ0v) is 84.6. The number of fused-ring (bicyclic) bond motifs is 22. The van der Waals surface area contributed by atoms with Crippen LogP contribution >= 0.6 is 35.9 Å². The number of nitrogens with one attached hydrogen (secondary N) is 8. The number of nitrogens with zero attached hydrogens (tertiary/aromatic N) is 1. The molecule has 22 bridgehead atoms. The van der Waals surface area contributed by atoms with Crippen LogP contribution in [0.15, 0.2) is 352 Å². The average Bonchev–Trinajstić information content (AvgIpc) is 1.56. The number of hydrogen-bond acceptors (Lipinski definition) is 12. The number of ether oxygens (including phenoxy) is 1. The Hall–Kier alpha value is -14.2. The molecule has 10 aromatic carbocycles. The van der Waals surface area contributed by atoms with E-state index < -0.39 is 56.8 Å². The van der Waals surface area contributed by atoms with Gasteiger partial charge in [0.15, 0.2) is 0 Å². The molecule has 0 amide bonds. The standard InChI is InChI=1S/C54H47N4O5P.C48H44N4O4.C6H5Cl2OP.C6H15N.C4H8O/c1-51(34-12-8-16-38(59)30-34)43-22-23-44(55-43)52(2,35-13-9-17-39(60)31-35)46-25-27-48(57-46)54(4)37-15-11-19-41(33-37)63-64(61,42-20-6-5-7-21-42)62-40-18-10-14-36(32-40)53(3,47-26-24-45(51)56-47)49-28-29-50(54)58-49;1-45(29-9-5-13-33(53)25-29)37-17-19-39(49-37)46(2,30-10-6-14-34(54)26-30)41-21-23-43(51-41)48(4,32-12-8-16-36(56)28-32)44-24-22-42(52-44)47(3,40-20-18-38(45)50-40)31-11-7-15-35(55)27-31;7-10(8,9)6-4-2-1-3-5-6;1-4-7(5-2)6-3;1-2-4-5-3-1/h5-33,55-60H,1-4H3;5-28,49-56H,1-4H3;1-5H;4-6H2,1-3H3;1-4H2/t51-,52+,53-,54+,64?;;;;. The molecule has 18 aromatic rings. The van der Waals surface area contributed by atoms with Crippen LogP contribution in [-0.4, -0.2) is 108 Å². The van der Waals surface area contributed by atoms with Gasteiger partial charge in [0.1, 0.15) is 46.0 Å². The number of phenolic OH excluding ortho intramolecular Hbond substituents is 6. The van der Waals surface area contributed by atoms with Crippen LogP contribution in [0.2, 0.25) is 0 Å². The summed E-state index contributed by atoms with van der Waals surface area (Å²) in [5.74, 6) is -1.31. The lowest BCUT2D eigenvalue weighted by molar-refractivity contribution is 0.198. The fourth-order valence-corrected chi connectivity index (χ4v) is 23.7. The van der Waals surface area contributed by atoms with Crippen molar-refractivity contribution in [2.45, 2.75) is 132 Å². The molecule has 0 spiro atoms. The third kappa shape index (κ3) is 17.9. The molecule has 726 valence electrons. The van der Waals surface area contributed by atoms with E-state index in [4.69, 9.17) is 36.3 Å². The maximum Gasteiger partial charge on any atom is 0.462 e. The van der Waals surface area contributed by atoms with Crippen LogP contribution in [0, 0.1) is 0 Å². The normalized spacial score (nSPS) is 22.4. The van der Waals surface area contributed by atoms with Gasteiger partial charge in [0.2, 0.25) is 0 Å². The van der Waals surface area contributed by atoms with Gasteiger partial charge in [-0.05, 0) is 373 Å². The van der Waals surface area contributed by atoms with Crippen LogP contribution < -0.4 is 19.7 Å². The Bertz CT molecular complexity index is 6990. The quantitative estimate of drug-likeness (QED) is 0.0538. The first-order chi connectivity index (χ1) is 68.1. The van der Waals surface area contributed by atoms with Crippen molar-refractivity contribution in [1.82, 2.24) is 44.8 Å². The highest BCUT2D eigenvalue weighted by Crippen LogP contribution is 2.57. The summed E-state index contributed by atoms with van der Waals surface area (Å²) in [6.07, 6.45) is 2.56. The summed E-state index contributed by atoms with van der Waals surface area (Å²) in [4.78, 5) is 33.5. The molecular weight excluding hydrogens is 1850 g/mol.